The van der Waals surface area contributed by atoms with Gasteiger partial charge in [0.2, 0.25) is 5.91 Å². The van der Waals surface area contributed by atoms with Crippen LogP contribution in [0.4, 0.5) is 33.3 Å². The lowest BCUT2D eigenvalue weighted by molar-refractivity contribution is -0.137. The summed E-state index contributed by atoms with van der Waals surface area (Å²) in [6.45, 7) is 0.915. The third-order valence-corrected chi connectivity index (χ3v) is 5.81. The van der Waals surface area contributed by atoms with Gasteiger partial charge in [-0.25, -0.2) is 8.78 Å². The molecule has 1 N–H and O–H groups in total. The molecule has 2 aromatic rings. The van der Waals surface area contributed by atoms with Gasteiger partial charge in [-0.05, 0) is 30.2 Å². The van der Waals surface area contributed by atoms with Crippen LogP contribution in [-0.2, 0) is 17.4 Å². The number of pyridine rings is 1. The van der Waals surface area contributed by atoms with Gasteiger partial charge >= 0.3 is 6.18 Å². The van der Waals surface area contributed by atoms with E-state index in [0.717, 1.165) is 17.8 Å². The molecule has 10 heteroatoms. The average Bonchev–Trinajstić information content (AvgIpc) is 3.34. The lowest BCUT2D eigenvalue weighted by Crippen LogP contribution is -2.38. The Morgan fingerprint density at radius 2 is 1.84 bits per heavy atom. The van der Waals surface area contributed by atoms with Crippen molar-refractivity contribution in [1.82, 2.24) is 10.3 Å². The second kappa shape index (κ2) is 8.55. The van der Waals surface area contributed by atoms with Crippen LogP contribution in [0.15, 0.2) is 42.7 Å². The largest absolute Gasteiger partial charge is 0.417 e. The van der Waals surface area contributed by atoms with Crippen LogP contribution in [0.3, 0.4) is 0 Å². The first-order chi connectivity index (χ1) is 15.1. The Hall–Kier alpha value is -2.91. The summed E-state index contributed by atoms with van der Waals surface area (Å²) in [6.07, 6.45) is -1.69. The Bertz CT molecular complexity index is 964. The van der Waals surface area contributed by atoms with E-state index in [0.29, 0.717) is 37.4 Å². The average molecular weight is 454 g/mol. The van der Waals surface area contributed by atoms with E-state index in [9.17, 15) is 26.7 Å². The van der Waals surface area contributed by atoms with Crippen LogP contribution in [-0.4, -0.2) is 49.0 Å². The number of nitrogens with one attached hydrogen (secondary N) is 1. The van der Waals surface area contributed by atoms with Gasteiger partial charge in [-0.1, -0.05) is 12.1 Å². The number of carbonyl (C=O) groups is 1. The molecule has 2 saturated heterocycles. The number of nitrogens with zero attached hydrogens (tertiary/aromatic N) is 3. The van der Waals surface area contributed by atoms with Crippen molar-refractivity contribution in [3.8, 4) is 0 Å². The van der Waals surface area contributed by atoms with Gasteiger partial charge in [0.1, 0.15) is 0 Å². The van der Waals surface area contributed by atoms with Gasteiger partial charge in [-0.3, -0.25) is 9.78 Å². The van der Waals surface area contributed by atoms with Gasteiger partial charge in [0.15, 0.2) is 0 Å². The number of amides is 1. The smallest absolute Gasteiger partial charge is 0.368 e. The second-order valence-corrected chi connectivity index (χ2v) is 8.30. The minimum atomic E-state index is -4.46. The van der Waals surface area contributed by atoms with Crippen LogP contribution < -0.4 is 15.1 Å². The molecule has 0 aliphatic carbocycles. The van der Waals surface area contributed by atoms with Crippen molar-refractivity contribution in [2.75, 3.05) is 36.0 Å². The van der Waals surface area contributed by atoms with Gasteiger partial charge < -0.3 is 15.1 Å². The lowest BCUT2D eigenvalue weighted by atomic mass is 10.1. The van der Waals surface area contributed by atoms with Crippen molar-refractivity contribution in [2.45, 2.75) is 37.4 Å². The fourth-order valence-electron chi connectivity index (χ4n) is 4.11. The van der Waals surface area contributed by atoms with Crippen molar-refractivity contribution in [1.29, 1.82) is 0 Å². The van der Waals surface area contributed by atoms with E-state index < -0.39 is 17.7 Å². The van der Waals surface area contributed by atoms with Crippen LogP contribution in [0.1, 0.15) is 24.0 Å². The van der Waals surface area contributed by atoms with Crippen LogP contribution >= 0.6 is 0 Å². The number of halogens is 5. The number of benzene rings is 1. The normalized spacial score (nSPS) is 20.6. The number of aromatic nitrogens is 1. The predicted molar refractivity (Wildman–Crippen MR) is 110 cm³/mol. The van der Waals surface area contributed by atoms with Gasteiger partial charge in [0, 0.05) is 44.0 Å². The van der Waals surface area contributed by atoms with Crippen molar-refractivity contribution < 1.29 is 26.7 Å². The molecule has 1 amide bonds. The SMILES string of the molecule is O=C(Cc1ccc(N2CCC(F)(F)C2)cc1)N[C@@H]1CCN(c2cncc(C(F)(F)F)c2)C1. The molecule has 0 radical (unpaired) electrons. The molecule has 2 aliphatic rings. The van der Waals surface area contributed by atoms with Crippen LogP contribution in [0.25, 0.3) is 0 Å². The number of anilines is 2. The topological polar surface area (TPSA) is 48.5 Å². The van der Waals surface area contributed by atoms with Crippen molar-refractivity contribution in [2.24, 2.45) is 0 Å². The third-order valence-electron chi connectivity index (χ3n) is 5.81. The molecule has 1 aromatic carbocycles. The number of hydrogen-bond acceptors (Lipinski definition) is 4. The molecule has 4 rings (SSSR count). The fourth-order valence-corrected chi connectivity index (χ4v) is 4.11. The molecule has 3 heterocycles. The molecule has 1 aromatic heterocycles. The van der Waals surface area contributed by atoms with E-state index in [1.165, 1.54) is 6.20 Å². The molecule has 2 aliphatic heterocycles. The minimum Gasteiger partial charge on any atom is -0.368 e. The molecule has 2 fully saturated rings. The molecule has 172 valence electrons. The number of rotatable bonds is 5. The Labute approximate surface area is 182 Å². The third kappa shape index (κ3) is 5.28. The van der Waals surface area contributed by atoms with Crippen molar-refractivity contribution in [3.63, 3.8) is 0 Å². The monoisotopic (exact) mass is 454 g/mol. The van der Waals surface area contributed by atoms with E-state index in [-0.39, 0.29) is 31.3 Å². The number of carbonyl (C=O) groups excluding carboxylic acids is 1. The summed E-state index contributed by atoms with van der Waals surface area (Å²) in [7, 11) is 0. The molecular formula is C22H23F5N4O. The van der Waals surface area contributed by atoms with Gasteiger partial charge in [0.05, 0.1) is 30.4 Å². The van der Waals surface area contributed by atoms with Crippen LogP contribution in [0, 0.1) is 0 Å². The molecule has 0 spiro atoms. The maximum Gasteiger partial charge on any atom is 0.417 e. The summed E-state index contributed by atoms with van der Waals surface area (Å²) in [5, 5.41) is 2.92. The predicted octanol–water partition coefficient (Wildman–Crippen LogP) is 3.88. The van der Waals surface area contributed by atoms with E-state index in [1.807, 2.05) is 0 Å². The Balaban J connectivity index is 1.29. The highest BCUT2D eigenvalue weighted by molar-refractivity contribution is 5.79. The van der Waals surface area contributed by atoms with Crippen LogP contribution in [0.2, 0.25) is 0 Å². The summed E-state index contributed by atoms with van der Waals surface area (Å²) in [5.74, 6) is -2.86. The number of alkyl halides is 5. The molecule has 0 unspecified atom stereocenters. The van der Waals surface area contributed by atoms with Gasteiger partial charge in [-0.15, -0.1) is 0 Å². The van der Waals surface area contributed by atoms with E-state index in [2.05, 4.69) is 10.3 Å². The molecular weight excluding hydrogens is 431 g/mol. The zero-order valence-corrected chi connectivity index (χ0v) is 17.2. The van der Waals surface area contributed by atoms with Crippen molar-refractivity contribution >= 4 is 17.3 Å². The highest BCUT2D eigenvalue weighted by atomic mass is 19.4. The Kier molecular flexibility index (Phi) is 5.96. The molecule has 0 saturated carbocycles. The Morgan fingerprint density at radius 3 is 2.50 bits per heavy atom. The maximum absolute atomic E-state index is 13.4. The molecule has 5 nitrogen and oxygen atoms in total. The second-order valence-electron chi connectivity index (χ2n) is 8.30. The maximum atomic E-state index is 13.4. The van der Waals surface area contributed by atoms with E-state index in [1.54, 1.807) is 34.1 Å². The highest BCUT2D eigenvalue weighted by Crippen LogP contribution is 2.32. The zero-order valence-electron chi connectivity index (χ0n) is 17.2. The molecule has 1 atom stereocenters. The summed E-state index contributed by atoms with van der Waals surface area (Å²) in [6, 6.07) is 7.86. The standard InChI is InChI=1S/C22H23F5N4O/c23-21(24)6-8-31(14-21)18-3-1-15(2-4-18)9-20(32)29-17-5-7-30(13-17)19-10-16(11-28-12-19)22(25,26)27/h1-4,10-12,17H,5-9,13-14H2,(H,29,32)/t17-/m1/s1. The fraction of sp³-hybridized carbons (Fsp3) is 0.455. The Morgan fingerprint density at radius 1 is 1.09 bits per heavy atom. The minimum absolute atomic E-state index is 0.137. The van der Waals surface area contributed by atoms with Gasteiger partial charge in [-0.2, -0.15) is 13.2 Å². The first-order valence-corrected chi connectivity index (χ1v) is 10.4. The first-order valence-electron chi connectivity index (χ1n) is 10.4. The summed E-state index contributed by atoms with van der Waals surface area (Å²) in [4.78, 5) is 19.5. The summed E-state index contributed by atoms with van der Waals surface area (Å²) in [5.41, 5.74) is 1.03. The summed E-state index contributed by atoms with van der Waals surface area (Å²) >= 11 is 0. The van der Waals surface area contributed by atoms with Gasteiger partial charge in [0.25, 0.3) is 5.92 Å². The zero-order chi connectivity index (χ0) is 22.9. The quantitative estimate of drug-likeness (QED) is 0.697. The molecule has 32 heavy (non-hydrogen) atoms. The number of hydrogen-bond donors (Lipinski definition) is 1. The molecule has 0 bridgehead atoms. The van der Waals surface area contributed by atoms with Crippen molar-refractivity contribution in [3.05, 3.63) is 53.9 Å². The lowest BCUT2D eigenvalue weighted by Gasteiger charge is -2.20. The first kappa shape index (κ1) is 22.3. The van der Waals surface area contributed by atoms with E-state index >= 15 is 0 Å². The highest BCUT2D eigenvalue weighted by Gasteiger charge is 2.38. The summed E-state index contributed by atoms with van der Waals surface area (Å²) < 4.78 is 65.5. The van der Waals surface area contributed by atoms with Crippen LogP contribution in [0.5, 0.6) is 0 Å². The van der Waals surface area contributed by atoms with E-state index in [4.69, 9.17) is 0 Å².